The Balaban J connectivity index is 2.10. The number of nitrogens with zero attached hydrogens (tertiary/aromatic N) is 2. The molecular formula is C17H17N3. The number of rotatable bonds is 3. The molecule has 2 aromatic carbocycles. The van der Waals surface area contributed by atoms with Gasteiger partial charge in [-0.2, -0.15) is 0 Å². The molecule has 0 aliphatic heterocycles. The number of aryl methyl sites for hydroxylation is 1. The molecule has 0 radical (unpaired) electrons. The van der Waals surface area contributed by atoms with Gasteiger partial charge in [0.1, 0.15) is 5.82 Å². The van der Waals surface area contributed by atoms with Gasteiger partial charge in [-0.3, -0.25) is 0 Å². The summed E-state index contributed by atoms with van der Waals surface area (Å²) in [6, 6.07) is 16.8. The molecule has 1 heterocycles. The summed E-state index contributed by atoms with van der Waals surface area (Å²) in [5, 5.41) is 2.46. The largest absolute Gasteiger partial charge is 0.330 e. The Labute approximate surface area is 118 Å². The van der Waals surface area contributed by atoms with Crippen LogP contribution in [0.15, 0.2) is 48.5 Å². The Morgan fingerprint density at radius 1 is 0.950 bits per heavy atom. The number of aromatic nitrogens is 2. The molecule has 0 saturated heterocycles. The van der Waals surface area contributed by atoms with Crippen molar-refractivity contribution in [2.24, 2.45) is 5.73 Å². The molecule has 20 heavy (non-hydrogen) atoms. The molecule has 0 fully saturated rings. The Hall–Kier alpha value is -2.26. The minimum absolute atomic E-state index is 0.570. The molecule has 3 aromatic rings. The molecule has 0 saturated carbocycles. The first-order valence-electron chi connectivity index (χ1n) is 6.80. The van der Waals surface area contributed by atoms with Crippen LogP contribution in [0.1, 0.15) is 11.5 Å². The minimum Gasteiger partial charge on any atom is -0.330 e. The lowest BCUT2D eigenvalue weighted by atomic mass is 10.0. The molecule has 3 rings (SSSR count). The Bertz CT molecular complexity index is 750. The average molecular weight is 263 g/mol. The lowest BCUT2D eigenvalue weighted by Crippen LogP contribution is -2.07. The first kappa shape index (κ1) is 12.8. The van der Waals surface area contributed by atoms with Crippen molar-refractivity contribution in [3.63, 3.8) is 0 Å². The van der Waals surface area contributed by atoms with Gasteiger partial charge in [-0.15, -0.1) is 0 Å². The van der Waals surface area contributed by atoms with Crippen LogP contribution in [-0.4, -0.2) is 16.5 Å². The third-order valence-corrected chi connectivity index (χ3v) is 3.31. The zero-order valence-corrected chi connectivity index (χ0v) is 11.5. The van der Waals surface area contributed by atoms with E-state index in [-0.39, 0.29) is 0 Å². The van der Waals surface area contributed by atoms with Crippen molar-refractivity contribution in [1.82, 2.24) is 9.97 Å². The summed E-state index contributed by atoms with van der Waals surface area (Å²) in [4.78, 5) is 9.03. The molecular weight excluding hydrogens is 246 g/mol. The maximum atomic E-state index is 5.59. The van der Waals surface area contributed by atoms with Crippen molar-refractivity contribution < 1.29 is 0 Å². The highest BCUT2D eigenvalue weighted by Crippen LogP contribution is 2.23. The summed E-state index contributed by atoms with van der Waals surface area (Å²) >= 11 is 0. The van der Waals surface area contributed by atoms with Crippen molar-refractivity contribution in [2.45, 2.75) is 13.3 Å². The standard InChI is InChI=1S/C17H17N3/c1-12-10-16(20-17(19-12)8-9-18)15-7-6-13-4-2-3-5-14(13)11-15/h2-7,10-11H,8-9,18H2,1H3. The van der Waals surface area contributed by atoms with Crippen molar-refractivity contribution in [3.8, 4) is 11.3 Å². The Morgan fingerprint density at radius 3 is 2.55 bits per heavy atom. The summed E-state index contributed by atoms with van der Waals surface area (Å²) in [6.07, 6.45) is 0.711. The molecule has 0 amide bonds. The van der Waals surface area contributed by atoms with E-state index < -0.39 is 0 Å². The number of nitrogens with two attached hydrogens (primary N) is 1. The molecule has 3 heteroatoms. The number of hydrogen-bond donors (Lipinski definition) is 1. The maximum Gasteiger partial charge on any atom is 0.130 e. The van der Waals surface area contributed by atoms with Crippen LogP contribution in [0.5, 0.6) is 0 Å². The van der Waals surface area contributed by atoms with Crippen molar-refractivity contribution in [1.29, 1.82) is 0 Å². The van der Waals surface area contributed by atoms with Gasteiger partial charge in [-0.1, -0.05) is 36.4 Å². The zero-order valence-electron chi connectivity index (χ0n) is 11.5. The van der Waals surface area contributed by atoms with Crippen LogP contribution in [0.25, 0.3) is 22.0 Å². The summed E-state index contributed by atoms with van der Waals surface area (Å²) in [5.74, 6) is 0.815. The molecule has 3 nitrogen and oxygen atoms in total. The minimum atomic E-state index is 0.570. The molecule has 2 N–H and O–H groups in total. The van der Waals surface area contributed by atoms with E-state index in [0.717, 1.165) is 22.8 Å². The fourth-order valence-electron chi connectivity index (χ4n) is 2.37. The molecule has 1 aromatic heterocycles. The quantitative estimate of drug-likeness (QED) is 0.790. The monoisotopic (exact) mass is 263 g/mol. The number of benzene rings is 2. The molecule has 0 aliphatic rings. The van der Waals surface area contributed by atoms with Gasteiger partial charge in [-0.25, -0.2) is 9.97 Å². The highest BCUT2D eigenvalue weighted by molar-refractivity contribution is 5.86. The Kier molecular flexibility index (Phi) is 3.44. The summed E-state index contributed by atoms with van der Waals surface area (Å²) in [6.45, 7) is 2.56. The first-order chi connectivity index (χ1) is 9.76. The van der Waals surface area contributed by atoms with Gasteiger partial charge in [0, 0.05) is 17.7 Å². The van der Waals surface area contributed by atoms with Crippen LogP contribution in [-0.2, 0) is 6.42 Å². The number of fused-ring (bicyclic) bond motifs is 1. The van der Waals surface area contributed by atoms with E-state index in [2.05, 4.69) is 52.4 Å². The third kappa shape index (κ3) is 2.53. The van der Waals surface area contributed by atoms with Crippen LogP contribution < -0.4 is 5.73 Å². The van der Waals surface area contributed by atoms with Crippen LogP contribution in [0.3, 0.4) is 0 Å². The van der Waals surface area contributed by atoms with Gasteiger partial charge in [0.2, 0.25) is 0 Å². The SMILES string of the molecule is Cc1cc(-c2ccc3ccccc3c2)nc(CCN)n1. The normalized spacial score (nSPS) is 10.9. The number of hydrogen-bond acceptors (Lipinski definition) is 3. The van der Waals surface area contributed by atoms with E-state index in [1.54, 1.807) is 0 Å². The van der Waals surface area contributed by atoms with Gasteiger partial charge < -0.3 is 5.73 Å². The first-order valence-corrected chi connectivity index (χ1v) is 6.80. The van der Waals surface area contributed by atoms with Crippen molar-refractivity contribution in [2.75, 3.05) is 6.54 Å². The van der Waals surface area contributed by atoms with Gasteiger partial charge in [-0.05, 0) is 36.4 Å². The summed E-state index contributed by atoms with van der Waals surface area (Å²) < 4.78 is 0. The molecule has 0 spiro atoms. The third-order valence-electron chi connectivity index (χ3n) is 3.31. The van der Waals surface area contributed by atoms with Gasteiger partial charge in [0.05, 0.1) is 5.69 Å². The van der Waals surface area contributed by atoms with E-state index in [1.165, 1.54) is 10.8 Å². The summed E-state index contributed by atoms with van der Waals surface area (Å²) in [7, 11) is 0. The van der Waals surface area contributed by atoms with Crippen LogP contribution in [0.4, 0.5) is 0 Å². The molecule has 100 valence electrons. The van der Waals surface area contributed by atoms with Gasteiger partial charge in [0.15, 0.2) is 0 Å². The van der Waals surface area contributed by atoms with E-state index in [1.807, 2.05) is 13.0 Å². The van der Waals surface area contributed by atoms with E-state index in [9.17, 15) is 0 Å². The molecule has 0 aliphatic carbocycles. The topological polar surface area (TPSA) is 51.8 Å². The predicted molar refractivity (Wildman–Crippen MR) is 82.5 cm³/mol. The average Bonchev–Trinajstić information content (AvgIpc) is 2.46. The zero-order chi connectivity index (χ0) is 13.9. The van der Waals surface area contributed by atoms with E-state index >= 15 is 0 Å². The van der Waals surface area contributed by atoms with Gasteiger partial charge in [0.25, 0.3) is 0 Å². The lowest BCUT2D eigenvalue weighted by molar-refractivity contribution is 0.858. The highest BCUT2D eigenvalue weighted by atomic mass is 14.9. The second-order valence-electron chi connectivity index (χ2n) is 4.91. The van der Waals surface area contributed by atoms with E-state index in [4.69, 9.17) is 5.73 Å². The van der Waals surface area contributed by atoms with Gasteiger partial charge >= 0.3 is 0 Å². The molecule has 0 atom stereocenters. The second kappa shape index (κ2) is 5.39. The van der Waals surface area contributed by atoms with Crippen LogP contribution in [0.2, 0.25) is 0 Å². The smallest absolute Gasteiger partial charge is 0.130 e. The van der Waals surface area contributed by atoms with E-state index in [0.29, 0.717) is 13.0 Å². The highest BCUT2D eigenvalue weighted by Gasteiger charge is 2.05. The second-order valence-corrected chi connectivity index (χ2v) is 4.91. The molecule has 0 unspecified atom stereocenters. The summed E-state index contributed by atoms with van der Waals surface area (Å²) in [5.41, 5.74) is 8.65. The fraction of sp³-hybridized carbons (Fsp3) is 0.176. The Morgan fingerprint density at radius 2 is 1.75 bits per heavy atom. The van der Waals surface area contributed by atoms with Crippen LogP contribution >= 0.6 is 0 Å². The van der Waals surface area contributed by atoms with Crippen molar-refractivity contribution >= 4 is 10.8 Å². The van der Waals surface area contributed by atoms with Crippen LogP contribution in [0, 0.1) is 6.92 Å². The maximum absolute atomic E-state index is 5.59. The lowest BCUT2D eigenvalue weighted by Gasteiger charge is -2.07. The molecule has 0 bridgehead atoms. The fourth-order valence-corrected chi connectivity index (χ4v) is 2.37. The van der Waals surface area contributed by atoms with Crippen molar-refractivity contribution in [3.05, 3.63) is 60.0 Å². The predicted octanol–water partition coefficient (Wildman–Crippen LogP) is 3.11.